The highest BCUT2D eigenvalue weighted by Gasteiger charge is 2.10. The molecule has 0 aliphatic heterocycles. The minimum atomic E-state index is 0.969. The fraction of sp³-hybridized carbons (Fsp3) is 0.0877. The standard InChI is InChI=1S/C19H16.4C15H12.C13H10O.C13H10S.C9H12/c1-15-12-18(16-8-4-2-5-9-16)14-19(13-15)17-10-6-3-7-11-17;1-11-14-8-4-2-6-12(14)10-13-7-3-5-9-15(11)13;1-11-5-4-8-14-9-12-6-2-3-7-13(12)10-15(11)14;1-11-6-7-14-9-12-4-2-3-5-13(12)10-15(14)8-11;1-11-6-7-13-9-8-12-4-2-3-5-14(12)15(13)10-11;2*1-9-5-4-8-12-13(9)10-6-2-3-7-11(10)14-12;1-7-4-8(2)6-9(3)5-7/h2-14H,1H3;4*2-10H,1H3;2*2-8H,1H3;4-6H,1-3H3. The molecule has 0 fully saturated rings. The van der Waals surface area contributed by atoms with E-state index >= 15 is 0 Å². The molecule has 22 aromatic rings. The van der Waals surface area contributed by atoms with Crippen LogP contribution in [-0.2, 0) is 0 Å². The molecule has 0 radical (unpaired) electrons. The van der Waals surface area contributed by atoms with E-state index in [-0.39, 0.29) is 0 Å². The second-order valence-corrected chi connectivity index (χ2v) is 31.7. The second-order valence-electron chi connectivity index (χ2n) is 30.6. The highest BCUT2D eigenvalue weighted by atomic mass is 32.1. The summed E-state index contributed by atoms with van der Waals surface area (Å²) >= 11 is 1.88. The molecule has 1 nitrogen and oxygen atoms in total. The normalized spacial score (nSPS) is 10.8. The van der Waals surface area contributed by atoms with E-state index in [1.54, 1.807) is 0 Å². The third-order valence-electron chi connectivity index (χ3n) is 21.6. The van der Waals surface area contributed by atoms with Gasteiger partial charge in [0, 0.05) is 30.9 Å². The van der Waals surface area contributed by atoms with E-state index in [4.69, 9.17) is 4.42 Å². The van der Waals surface area contributed by atoms with Gasteiger partial charge in [-0.25, -0.2) is 0 Å². The minimum Gasteiger partial charge on any atom is -0.456 e. The quantitative estimate of drug-likeness (QED) is 0.124. The molecule has 0 unspecified atom stereocenters. The average Bonchev–Trinajstić information content (AvgIpc) is 1.31. The molecule has 0 spiro atoms. The number of fused-ring (bicyclic) bond motifs is 15. The Bertz CT molecular complexity index is 6870. The lowest BCUT2D eigenvalue weighted by molar-refractivity contribution is 0.669. The Kier molecular flexibility index (Phi) is 24.2. The third-order valence-corrected chi connectivity index (χ3v) is 22.8. The van der Waals surface area contributed by atoms with Gasteiger partial charge < -0.3 is 4.42 Å². The number of rotatable bonds is 2. The first-order valence-corrected chi connectivity index (χ1v) is 41.0. The number of para-hydroxylation sites is 1. The maximum atomic E-state index is 5.73. The highest BCUT2D eigenvalue weighted by molar-refractivity contribution is 7.25. The first-order valence-electron chi connectivity index (χ1n) is 40.1. The molecule has 2 aromatic heterocycles. The summed E-state index contributed by atoms with van der Waals surface area (Å²) in [6.07, 6.45) is 0. The lowest BCUT2D eigenvalue weighted by Crippen LogP contribution is -1.84. The Hall–Kier alpha value is -13.5. The summed E-state index contributed by atoms with van der Waals surface area (Å²) in [6, 6.07) is 142. The van der Waals surface area contributed by atoms with Gasteiger partial charge in [0.05, 0.1) is 0 Å². The maximum absolute atomic E-state index is 5.73. The van der Waals surface area contributed by atoms with Crippen LogP contribution in [-0.4, -0.2) is 0 Å². The lowest BCUT2D eigenvalue weighted by Gasteiger charge is -2.08. The summed E-state index contributed by atoms with van der Waals surface area (Å²) < 4.78 is 8.51. The van der Waals surface area contributed by atoms with E-state index in [1.165, 1.54) is 195 Å². The van der Waals surface area contributed by atoms with Crippen molar-refractivity contribution in [3.8, 4) is 22.3 Å². The van der Waals surface area contributed by atoms with Gasteiger partial charge in [-0.3, -0.25) is 0 Å². The molecule has 2 heterocycles. The van der Waals surface area contributed by atoms with Crippen LogP contribution in [0, 0.1) is 69.2 Å². The zero-order valence-electron chi connectivity index (χ0n) is 67.9. The third kappa shape index (κ3) is 18.4. The topological polar surface area (TPSA) is 13.1 Å². The summed E-state index contributed by atoms with van der Waals surface area (Å²) in [5.74, 6) is 0. The van der Waals surface area contributed by atoms with E-state index in [0.29, 0.717) is 0 Å². The van der Waals surface area contributed by atoms with E-state index in [0.717, 1.165) is 11.2 Å². The Morgan fingerprint density at radius 3 is 1.15 bits per heavy atom. The number of hydrogen-bond donors (Lipinski definition) is 0. The van der Waals surface area contributed by atoms with Crippen molar-refractivity contribution in [2.45, 2.75) is 69.2 Å². The van der Waals surface area contributed by atoms with Gasteiger partial charge in [0.1, 0.15) is 11.2 Å². The van der Waals surface area contributed by atoms with E-state index in [2.05, 4.69) is 439 Å². The van der Waals surface area contributed by atoms with E-state index < -0.39 is 0 Å². The molecule has 0 aliphatic rings. The van der Waals surface area contributed by atoms with Gasteiger partial charge in [-0.05, 0) is 266 Å². The van der Waals surface area contributed by atoms with Crippen LogP contribution >= 0.6 is 11.3 Å². The molecule has 116 heavy (non-hydrogen) atoms. The predicted octanol–water partition coefficient (Wildman–Crippen LogP) is 33.4. The van der Waals surface area contributed by atoms with Crippen LogP contribution in [0.4, 0.5) is 0 Å². The molecule has 0 saturated carbocycles. The highest BCUT2D eigenvalue weighted by Crippen LogP contribution is 2.37. The Morgan fingerprint density at radius 2 is 0.543 bits per heavy atom. The molecule has 22 rings (SSSR count). The van der Waals surface area contributed by atoms with Crippen molar-refractivity contribution in [1.29, 1.82) is 0 Å². The van der Waals surface area contributed by atoms with Gasteiger partial charge >= 0.3 is 0 Å². The average molecular weight is 1510 g/mol. The van der Waals surface area contributed by atoms with Gasteiger partial charge in [-0.15, -0.1) is 11.3 Å². The first-order chi connectivity index (χ1) is 56.6. The van der Waals surface area contributed by atoms with Crippen LogP contribution < -0.4 is 0 Å². The minimum absolute atomic E-state index is 0.969. The number of benzene rings is 20. The van der Waals surface area contributed by atoms with Crippen molar-refractivity contribution in [3.05, 3.63) is 456 Å². The molecule has 564 valence electrons. The monoisotopic (exact) mass is 1510 g/mol. The summed E-state index contributed by atoms with van der Waals surface area (Å²) in [4.78, 5) is 0. The largest absolute Gasteiger partial charge is 0.456 e. The molecule has 0 bridgehead atoms. The van der Waals surface area contributed by atoms with Crippen molar-refractivity contribution in [1.82, 2.24) is 0 Å². The Balaban J connectivity index is 0.000000105. The summed E-state index contributed by atoms with van der Waals surface area (Å²) in [5.41, 5.74) is 20.4. The maximum Gasteiger partial charge on any atom is 0.135 e. The van der Waals surface area contributed by atoms with Gasteiger partial charge in [0.15, 0.2) is 0 Å². The van der Waals surface area contributed by atoms with Crippen molar-refractivity contribution in [2.75, 3.05) is 0 Å². The van der Waals surface area contributed by atoms with Crippen molar-refractivity contribution in [2.24, 2.45) is 0 Å². The van der Waals surface area contributed by atoms with Crippen molar-refractivity contribution >= 4 is 140 Å². The number of aryl methyl sites for hydroxylation is 10. The zero-order valence-corrected chi connectivity index (χ0v) is 68.7. The predicted molar refractivity (Wildman–Crippen MR) is 510 cm³/mol. The van der Waals surface area contributed by atoms with E-state index in [1.807, 2.05) is 41.7 Å². The molecule has 0 aliphatic carbocycles. The number of furan rings is 1. The second kappa shape index (κ2) is 36.1. The van der Waals surface area contributed by atoms with Crippen molar-refractivity contribution < 1.29 is 4.42 Å². The summed E-state index contributed by atoms with van der Waals surface area (Å²) in [7, 11) is 0. The number of thiophene rings is 1. The van der Waals surface area contributed by atoms with Crippen LogP contribution in [0.15, 0.2) is 405 Å². The number of hydrogen-bond acceptors (Lipinski definition) is 2. The Labute approximate surface area is 686 Å². The van der Waals surface area contributed by atoms with Crippen LogP contribution in [0.1, 0.15) is 55.6 Å². The molecular weight excluding hydrogens is 1420 g/mol. The molecule has 0 saturated heterocycles. The fourth-order valence-corrected chi connectivity index (χ4v) is 17.2. The van der Waals surface area contributed by atoms with Crippen LogP contribution in [0.2, 0.25) is 0 Å². The molecule has 2 heteroatoms. The molecule has 0 atom stereocenters. The zero-order chi connectivity index (χ0) is 80.0. The molecule has 20 aromatic carbocycles. The smallest absolute Gasteiger partial charge is 0.135 e. The van der Waals surface area contributed by atoms with Gasteiger partial charge in [-0.1, -0.05) is 368 Å². The Morgan fingerprint density at radius 1 is 0.172 bits per heavy atom. The van der Waals surface area contributed by atoms with Gasteiger partial charge in [0.25, 0.3) is 0 Å². The molecule has 0 N–H and O–H groups in total. The van der Waals surface area contributed by atoms with Gasteiger partial charge in [0.2, 0.25) is 0 Å². The van der Waals surface area contributed by atoms with Crippen LogP contribution in [0.25, 0.3) is 151 Å². The lowest BCUT2D eigenvalue weighted by atomic mass is 9.97. The van der Waals surface area contributed by atoms with Crippen molar-refractivity contribution in [3.63, 3.8) is 0 Å². The van der Waals surface area contributed by atoms with E-state index in [9.17, 15) is 0 Å². The van der Waals surface area contributed by atoms with Crippen LogP contribution in [0.3, 0.4) is 0 Å². The van der Waals surface area contributed by atoms with Gasteiger partial charge in [-0.2, -0.15) is 0 Å². The summed E-state index contributed by atoms with van der Waals surface area (Å²) in [6.45, 7) is 21.5. The SMILES string of the molecule is Cc1c2ccccc2cc2ccccc12.Cc1cc(-c2ccccc2)cc(-c2ccccc2)c1.Cc1cc(C)cc(C)c1.Cc1ccc2cc3ccccc3cc2c1.Cc1ccc2ccc3ccccc3c2c1.Cc1cccc2cc3ccccc3cc12.Cc1cccc2oc3ccccc3c12.Cc1cccc2sc3ccccc3c12. The van der Waals surface area contributed by atoms with Crippen LogP contribution in [0.5, 0.6) is 0 Å². The molecular formula is C114H96OS. The summed E-state index contributed by atoms with van der Waals surface area (Å²) in [5, 5.41) is 26.6. The fourth-order valence-electron chi connectivity index (χ4n) is 16.0. The first kappa shape index (κ1) is 77.8. The molecule has 0 amide bonds.